The summed E-state index contributed by atoms with van der Waals surface area (Å²) in [6.45, 7) is 11.6. The third-order valence-electron chi connectivity index (χ3n) is 6.52. The minimum atomic E-state index is 0.259. The molecule has 138 valence electrons. The Labute approximate surface area is 158 Å². The molecule has 2 N–H and O–H groups in total. The number of dihydropyridines is 1. The smallest absolute Gasteiger partial charge is 0.0701 e. The summed E-state index contributed by atoms with van der Waals surface area (Å²) < 4.78 is 0. The van der Waals surface area contributed by atoms with Crippen LogP contribution in [0.1, 0.15) is 69.7 Å². The standard InChI is InChI=1S/C24H32N2/c1-23(2)12-13-24(3,4)20-16-18(8-9-19(20)23)22-7-5-6-21(26-22)17-10-14-25-15-11-17/h5-10,16,22,25-26H,11-15H2,1-4H3. The summed E-state index contributed by atoms with van der Waals surface area (Å²) in [6, 6.07) is 7.46. The zero-order chi connectivity index (χ0) is 18.4. The highest BCUT2D eigenvalue weighted by molar-refractivity contribution is 5.47. The molecule has 2 heterocycles. The molecule has 2 heteroatoms. The van der Waals surface area contributed by atoms with Gasteiger partial charge in [-0.05, 0) is 65.0 Å². The van der Waals surface area contributed by atoms with E-state index in [0.717, 1.165) is 19.5 Å². The molecule has 1 aromatic rings. The molecule has 0 saturated heterocycles. The lowest BCUT2D eigenvalue weighted by atomic mass is 9.63. The second kappa shape index (κ2) is 6.42. The van der Waals surface area contributed by atoms with Crippen molar-refractivity contribution in [3.8, 4) is 0 Å². The zero-order valence-corrected chi connectivity index (χ0v) is 16.7. The molecule has 1 aliphatic carbocycles. The summed E-state index contributed by atoms with van der Waals surface area (Å²) in [5.74, 6) is 0. The van der Waals surface area contributed by atoms with Crippen LogP contribution in [-0.2, 0) is 10.8 Å². The fourth-order valence-corrected chi connectivity index (χ4v) is 4.59. The minimum absolute atomic E-state index is 0.259. The second-order valence-electron chi connectivity index (χ2n) is 9.34. The van der Waals surface area contributed by atoms with Gasteiger partial charge in [0.25, 0.3) is 0 Å². The number of fused-ring (bicyclic) bond motifs is 1. The van der Waals surface area contributed by atoms with Crippen molar-refractivity contribution < 1.29 is 0 Å². The molecule has 0 saturated carbocycles. The van der Waals surface area contributed by atoms with Gasteiger partial charge in [-0.1, -0.05) is 64.1 Å². The number of allylic oxidation sites excluding steroid dienone is 3. The maximum atomic E-state index is 3.77. The topological polar surface area (TPSA) is 24.1 Å². The summed E-state index contributed by atoms with van der Waals surface area (Å²) in [6.07, 6.45) is 12.7. The van der Waals surface area contributed by atoms with E-state index in [0.29, 0.717) is 0 Å². The Morgan fingerprint density at radius 3 is 2.50 bits per heavy atom. The van der Waals surface area contributed by atoms with Crippen LogP contribution in [0.4, 0.5) is 0 Å². The van der Waals surface area contributed by atoms with Gasteiger partial charge < -0.3 is 10.6 Å². The molecule has 0 fully saturated rings. The molecule has 0 aromatic heterocycles. The molecule has 0 spiro atoms. The van der Waals surface area contributed by atoms with Gasteiger partial charge in [0.2, 0.25) is 0 Å². The van der Waals surface area contributed by atoms with Crippen LogP contribution < -0.4 is 10.6 Å². The molecular weight excluding hydrogens is 316 g/mol. The quantitative estimate of drug-likeness (QED) is 0.782. The predicted octanol–water partition coefficient (Wildman–Crippen LogP) is 5.04. The number of rotatable bonds is 2. The van der Waals surface area contributed by atoms with E-state index in [2.05, 4.69) is 80.8 Å². The Kier molecular flexibility index (Phi) is 4.35. The number of hydrogen-bond acceptors (Lipinski definition) is 2. The van der Waals surface area contributed by atoms with E-state index in [4.69, 9.17) is 0 Å². The molecule has 3 aliphatic rings. The van der Waals surface area contributed by atoms with Gasteiger partial charge in [0.05, 0.1) is 6.04 Å². The summed E-state index contributed by atoms with van der Waals surface area (Å²) >= 11 is 0. The van der Waals surface area contributed by atoms with Gasteiger partial charge in [-0.15, -0.1) is 0 Å². The van der Waals surface area contributed by atoms with Gasteiger partial charge >= 0.3 is 0 Å². The lowest BCUT2D eigenvalue weighted by molar-refractivity contribution is 0.331. The molecule has 1 atom stereocenters. The van der Waals surface area contributed by atoms with E-state index in [9.17, 15) is 0 Å². The first-order valence-electron chi connectivity index (χ1n) is 10.1. The molecule has 1 aromatic carbocycles. The molecule has 2 nitrogen and oxygen atoms in total. The van der Waals surface area contributed by atoms with Crippen LogP contribution in [0.15, 0.2) is 53.8 Å². The van der Waals surface area contributed by atoms with Gasteiger partial charge in [-0.2, -0.15) is 0 Å². The monoisotopic (exact) mass is 348 g/mol. The van der Waals surface area contributed by atoms with E-state index >= 15 is 0 Å². The van der Waals surface area contributed by atoms with Crippen LogP contribution in [0.2, 0.25) is 0 Å². The fourth-order valence-electron chi connectivity index (χ4n) is 4.59. The first-order valence-corrected chi connectivity index (χ1v) is 10.1. The predicted molar refractivity (Wildman–Crippen MR) is 110 cm³/mol. The van der Waals surface area contributed by atoms with Crippen LogP contribution in [0.5, 0.6) is 0 Å². The molecular formula is C24H32N2. The van der Waals surface area contributed by atoms with Crippen LogP contribution in [-0.4, -0.2) is 13.1 Å². The summed E-state index contributed by atoms with van der Waals surface area (Å²) in [4.78, 5) is 0. The Morgan fingerprint density at radius 2 is 1.77 bits per heavy atom. The molecule has 0 bridgehead atoms. The third kappa shape index (κ3) is 3.16. The highest BCUT2D eigenvalue weighted by atomic mass is 14.9. The molecule has 0 radical (unpaired) electrons. The number of benzene rings is 1. The highest BCUT2D eigenvalue weighted by Gasteiger charge is 2.37. The van der Waals surface area contributed by atoms with E-state index in [1.807, 2.05) is 0 Å². The van der Waals surface area contributed by atoms with Crippen molar-refractivity contribution in [2.45, 2.75) is 63.8 Å². The van der Waals surface area contributed by atoms with Gasteiger partial charge in [0, 0.05) is 12.2 Å². The van der Waals surface area contributed by atoms with Crippen molar-refractivity contribution in [3.05, 3.63) is 70.5 Å². The molecule has 2 aliphatic heterocycles. The van der Waals surface area contributed by atoms with E-state index in [1.54, 1.807) is 5.56 Å². The average molecular weight is 349 g/mol. The van der Waals surface area contributed by atoms with Gasteiger partial charge in [-0.3, -0.25) is 0 Å². The maximum absolute atomic E-state index is 3.77. The maximum Gasteiger partial charge on any atom is 0.0701 e. The van der Waals surface area contributed by atoms with Crippen molar-refractivity contribution in [3.63, 3.8) is 0 Å². The van der Waals surface area contributed by atoms with E-state index in [-0.39, 0.29) is 16.9 Å². The van der Waals surface area contributed by atoms with Crippen molar-refractivity contribution in [2.75, 3.05) is 13.1 Å². The normalized spacial score (nSPS) is 26.4. The Morgan fingerprint density at radius 1 is 1.00 bits per heavy atom. The fraction of sp³-hybridized carbons (Fsp3) is 0.500. The Hall–Kier alpha value is -1.80. The SMILES string of the molecule is CC1(C)CCC(C)(C)c2cc(C3C=CC=C(C4=CCNCC4)N3)ccc21. The van der Waals surface area contributed by atoms with Crippen molar-refractivity contribution in [1.29, 1.82) is 0 Å². The molecule has 26 heavy (non-hydrogen) atoms. The minimum Gasteiger partial charge on any atom is -0.375 e. The molecule has 4 rings (SSSR count). The Bertz CT molecular complexity index is 792. The second-order valence-corrected chi connectivity index (χ2v) is 9.34. The third-order valence-corrected chi connectivity index (χ3v) is 6.52. The zero-order valence-electron chi connectivity index (χ0n) is 16.7. The summed E-state index contributed by atoms with van der Waals surface area (Å²) in [5.41, 5.74) is 7.73. The number of nitrogens with one attached hydrogen (secondary N) is 2. The van der Waals surface area contributed by atoms with Crippen LogP contribution >= 0.6 is 0 Å². The van der Waals surface area contributed by atoms with Gasteiger partial charge in [0.1, 0.15) is 0 Å². The van der Waals surface area contributed by atoms with E-state index in [1.165, 1.54) is 35.2 Å². The van der Waals surface area contributed by atoms with Crippen molar-refractivity contribution >= 4 is 0 Å². The first-order chi connectivity index (χ1) is 12.4. The van der Waals surface area contributed by atoms with Gasteiger partial charge in [-0.25, -0.2) is 0 Å². The lowest BCUT2D eigenvalue weighted by Crippen LogP contribution is -2.34. The van der Waals surface area contributed by atoms with Crippen molar-refractivity contribution in [1.82, 2.24) is 10.6 Å². The van der Waals surface area contributed by atoms with Crippen LogP contribution in [0, 0.1) is 0 Å². The first kappa shape index (κ1) is 17.6. The largest absolute Gasteiger partial charge is 0.375 e. The molecule has 0 amide bonds. The Balaban J connectivity index is 1.64. The number of hydrogen-bond donors (Lipinski definition) is 2. The van der Waals surface area contributed by atoms with Crippen LogP contribution in [0.3, 0.4) is 0 Å². The van der Waals surface area contributed by atoms with E-state index < -0.39 is 0 Å². The van der Waals surface area contributed by atoms with Crippen LogP contribution in [0.25, 0.3) is 0 Å². The average Bonchev–Trinajstić information content (AvgIpc) is 2.66. The lowest BCUT2D eigenvalue weighted by Gasteiger charge is -2.42. The van der Waals surface area contributed by atoms with Crippen molar-refractivity contribution in [2.24, 2.45) is 0 Å². The molecule has 1 unspecified atom stereocenters. The van der Waals surface area contributed by atoms with Gasteiger partial charge in [0.15, 0.2) is 0 Å². The summed E-state index contributed by atoms with van der Waals surface area (Å²) in [7, 11) is 0. The summed E-state index contributed by atoms with van der Waals surface area (Å²) in [5, 5.41) is 7.17. The highest BCUT2D eigenvalue weighted by Crippen LogP contribution is 2.46.